The van der Waals surface area contributed by atoms with E-state index < -0.39 is 6.36 Å². The summed E-state index contributed by atoms with van der Waals surface area (Å²) < 4.78 is 41.4. The fourth-order valence-corrected chi connectivity index (χ4v) is 2.69. The molecule has 0 fully saturated rings. The van der Waals surface area contributed by atoms with E-state index in [1.54, 1.807) is 6.20 Å². The lowest BCUT2D eigenvalue weighted by molar-refractivity contribution is -0.274. The Morgan fingerprint density at radius 2 is 2.15 bits per heavy atom. The second kappa shape index (κ2) is 6.19. The van der Waals surface area contributed by atoms with Crippen molar-refractivity contribution in [1.82, 2.24) is 4.98 Å². The summed E-state index contributed by atoms with van der Waals surface area (Å²) in [5, 5.41) is 2.99. The van der Waals surface area contributed by atoms with E-state index in [9.17, 15) is 13.2 Å². The number of alkyl halides is 3. The highest BCUT2D eigenvalue weighted by Gasteiger charge is 2.31. The molecule has 0 amide bonds. The van der Waals surface area contributed by atoms with E-state index in [0.29, 0.717) is 21.2 Å². The van der Waals surface area contributed by atoms with Crippen LogP contribution in [0, 0.1) is 0 Å². The highest BCUT2D eigenvalue weighted by Crippen LogP contribution is 2.31. The average molecular weight is 388 g/mol. The molecule has 3 nitrogen and oxygen atoms in total. The van der Waals surface area contributed by atoms with Crippen LogP contribution in [0.4, 0.5) is 18.9 Å². The number of aromatic nitrogens is 1. The van der Waals surface area contributed by atoms with Gasteiger partial charge in [-0.2, -0.15) is 0 Å². The molecule has 0 radical (unpaired) electrons. The fraction of sp³-hybridized carbons (Fsp3) is 0.182. The second-order valence-corrected chi connectivity index (χ2v) is 6.17. The molecule has 0 aliphatic rings. The highest BCUT2D eigenvalue weighted by molar-refractivity contribution is 9.10. The standard InChI is InChI=1S/C11H7BrClF3N2OS/c12-8-2-1-6(19-11(14,15)16)3-9(8)17-4-7-5-18-10(13)20-7/h1-3,5,17H,4H2. The van der Waals surface area contributed by atoms with Crippen molar-refractivity contribution in [3.05, 3.63) is 38.2 Å². The molecule has 2 rings (SSSR count). The van der Waals surface area contributed by atoms with Gasteiger partial charge in [-0.15, -0.1) is 24.5 Å². The molecular weight excluding hydrogens is 381 g/mol. The Balaban J connectivity index is 2.08. The second-order valence-electron chi connectivity index (χ2n) is 3.62. The first-order valence-electron chi connectivity index (χ1n) is 5.23. The van der Waals surface area contributed by atoms with Gasteiger partial charge in [0, 0.05) is 21.6 Å². The largest absolute Gasteiger partial charge is 0.573 e. The maximum absolute atomic E-state index is 12.2. The normalized spacial score (nSPS) is 11.4. The number of ether oxygens (including phenoxy) is 1. The van der Waals surface area contributed by atoms with Crippen LogP contribution in [0.1, 0.15) is 4.88 Å². The van der Waals surface area contributed by atoms with E-state index in [0.717, 1.165) is 4.88 Å². The molecule has 9 heteroatoms. The maximum atomic E-state index is 12.2. The summed E-state index contributed by atoms with van der Waals surface area (Å²) in [6.45, 7) is 0.401. The Kier molecular flexibility index (Phi) is 4.77. The number of nitrogens with zero attached hydrogens (tertiary/aromatic N) is 1. The first kappa shape index (κ1) is 15.4. The van der Waals surface area contributed by atoms with Gasteiger partial charge in [0.05, 0.1) is 12.2 Å². The molecule has 0 spiro atoms. The monoisotopic (exact) mass is 386 g/mol. The highest BCUT2D eigenvalue weighted by atomic mass is 79.9. The fourth-order valence-electron chi connectivity index (χ4n) is 1.38. The van der Waals surface area contributed by atoms with E-state index in [2.05, 4.69) is 31.0 Å². The number of nitrogens with one attached hydrogen (secondary N) is 1. The first-order chi connectivity index (χ1) is 9.33. The van der Waals surface area contributed by atoms with Gasteiger partial charge in [0.15, 0.2) is 4.47 Å². The Hall–Kier alpha value is -0.990. The van der Waals surface area contributed by atoms with E-state index in [4.69, 9.17) is 11.6 Å². The SMILES string of the molecule is FC(F)(F)Oc1ccc(Br)c(NCc2cnc(Cl)s2)c1. The Labute approximate surface area is 129 Å². The molecular formula is C11H7BrClF3N2OS. The van der Waals surface area contributed by atoms with Crippen molar-refractivity contribution in [1.29, 1.82) is 0 Å². The minimum absolute atomic E-state index is 0.287. The van der Waals surface area contributed by atoms with E-state index in [-0.39, 0.29) is 5.75 Å². The van der Waals surface area contributed by atoms with Crippen molar-refractivity contribution < 1.29 is 17.9 Å². The zero-order valence-electron chi connectivity index (χ0n) is 9.67. The van der Waals surface area contributed by atoms with Crippen molar-refractivity contribution in [3.8, 4) is 5.75 Å². The molecule has 1 N–H and O–H groups in total. The number of rotatable bonds is 4. The average Bonchev–Trinajstić information content (AvgIpc) is 2.74. The van der Waals surface area contributed by atoms with Gasteiger partial charge in [0.1, 0.15) is 5.75 Å². The quantitative estimate of drug-likeness (QED) is 0.795. The van der Waals surface area contributed by atoms with Crippen molar-refractivity contribution >= 4 is 44.6 Å². The smallest absolute Gasteiger partial charge is 0.406 e. The number of hydrogen-bond acceptors (Lipinski definition) is 4. The van der Waals surface area contributed by atoms with Gasteiger partial charge in [-0.1, -0.05) is 11.6 Å². The molecule has 108 valence electrons. The minimum Gasteiger partial charge on any atom is -0.406 e. The third-order valence-corrected chi connectivity index (χ3v) is 3.96. The number of hydrogen-bond donors (Lipinski definition) is 1. The van der Waals surface area contributed by atoms with Gasteiger partial charge in [-0.25, -0.2) is 4.98 Å². The van der Waals surface area contributed by atoms with Crippen LogP contribution in [-0.2, 0) is 6.54 Å². The molecule has 2 aromatic rings. The van der Waals surface area contributed by atoms with Crippen LogP contribution < -0.4 is 10.1 Å². The molecule has 1 heterocycles. The van der Waals surface area contributed by atoms with Crippen molar-refractivity contribution in [2.75, 3.05) is 5.32 Å². The summed E-state index contributed by atoms with van der Waals surface area (Å²) in [5.74, 6) is -0.287. The topological polar surface area (TPSA) is 34.1 Å². The number of benzene rings is 1. The zero-order chi connectivity index (χ0) is 14.8. The molecule has 20 heavy (non-hydrogen) atoms. The van der Waals surface area contributed by atoms with Crippen LogP contribution in [0.5, 0.6) is 5.75 Å². The lowest BCUT2D eigenvalue weighted by Crippen LogP contribution is -2.17. The third kappa shape index (κ3) is 4.53. The van der Waals surface area contributed by atoms with Gasteiger partial charge in [-0.05, 0) is 28.1 Å². The summed E-state index contributed by atoms with van der Waals surface area (Å²) in [6.07, 6.45) is -3.11. The molecule has 0 aliphatic heterocycles. The van der Waals surface area contributed by atoms with Crippen molar-refractivity contribution in [2.45, 2.75) is 12.9 Å². The molecule has 1 aromatic heterocycles. The Morgan fingerprint density at radius 1 is 1.40 bits per heavy atom. The van der Waals surface area contributed by atoms with Gasteiger partial charge >= 0.3 is 6.36 Å². The molecule has 0 aliphatic carbocycles. The van der Waals surface area contributed by atoms with Crippen LogP contribution in [-0.4, -0.2) is 11.3 Å². The summed E-state index contributed by atoms with van der Waals surface area (Å²) in [4.78, 5) is 4.74. The summed E-state index contributed by atoms with van der Waals surface area (Å²) in [7, 11) is 0. The molecule has 0 unspecified atom stereocenters. The first-order valence-corrected chi connectivity index (χ1v) is 7.21. The van der Waals surface area contributed by atoms with E-state index in [1.807, 2.05) is 0 Å². The lowest BCUT2D eigenvalue weighted by Gasteiger charge is -2.12. The molecule has 0 saturated carbocycles. The molecule has 0 atom stereocenters. The molecule has 0 saturated heterocycles. The van der Waals surface area contributed by atoms with Crippen LogP contribution in [0.15, 0.2) is 28.9 Å². The molecule has 1 aromatic carbocycles. The van der Waals surface area contributed by atoms with Crippen LogP contribution in [0.25, 0.3) is 0 Å². The predicted molar refractivity (Wildman–Crippen MR) is 75.3 cm³/mol. The van der Waals surface area contributed by atoms with E-state index >= 15 is 0 Å². The van der Waals surface area contributed by atoms with Gasteiger partial charge in [0.2, 0.25) is 0 Å². The Morgan fingerprint density at radius 3 is 2.75 bits per heavy atom. The van der Waals surface area contributed by atoms with Crippen molar-refractivity contribution in [3.63, 3.8) is 0 Å². The van der Waals surface area contributed by atoms with Crippen LogP contribution in [0.3, 0.4) is 0 Å². The lowest BCUT2D eigenvalue weighted by atomic mass is 10.3. The number of halogens is 5. The van der Waals surface area contributed by atoms with Gasteiger partial charge in [-0.3, -0.25) is 0 Å². The van der Waals surface area contributed by atoms with Crippen LogP contribution >= 0.6 is 38.9 Å². The predicted octanol–water partition coefficient (Wildman–Crippen LogP) is 5.07. The van der Waals surface area contributed by atoms with Crippen LogP contribution in [0.2, 0.25) is 4.47 Å². The number of thiazole rings is 1. The van der Waals surface area contributed by atoms with E-state index in [1.165, 1.54) is 29.5 Å². The van der Waals surface area contributed by atoms with Gasteiger partial charge < -0.3 is 10.1 Å². The zero-order valence-corrected chi connectivity index (χ0v) is 12.8. The molecule has 0 bridgehead atoms. The third-order valence-electron chi connectivity index (χ3n) is 2.15. The van der Waals surface area contributed by atoms with Gasteiger partial charge in [0.25, 0.3) is 0 Å². The minimum atomic E-state index is -4.71. The maximum Gasteiger partial charge on any atom is 0.573 e. The number of anilines is 1. The Bertz CT molecular complexity index is 606. The summed E-state index contributed by atoms with van der Waals surface area (Å²) in [5.41, 5.74) is 0.483. The summed E-state index contributed by atoms with van der Waals surface area (Å²) in [6, 6.07) is 3.97. The van der Waals surface area contributed by atoms with Crippen molar-refractivity contribution in [2.24, 2.45) is 0 Å². The summed E-state index contributed by atoms with van der Waals surface area (Å²) >= 11 is 10.2.